The minimum atomic E-state index is -6.13. The SMILES string of the molecule is Clc1cccc[n+]1Cc1ccccc1.FC(F)(F)c1cc([B-](c2cc(C(F)(F)F)cc(C(F)(F)F)c2)(c2cc(C(F)(F)F)cc(C(F)(F)F)c2)c2cc(C(F)(F)F)cc(C(F)(F)F)c2)cc(C(F)(F)F)c1. The molecule has 0 aliphatic rings. The van der Waals surface area contributed by atoms with E-state index in [0.717, 1.165) is 11.7 Å². The summed E-state index contributed by atoms with van der Waals surface area (Å²) in [5.41, 5.74) is -28.9. The molecule has 0 saturated heterocycles. The molecule has 0 fully saturated rings. The number of hydrogen-bond acceptors (Lipinski definition) is 0. The highest BCUT2D eigenvalue weighted by Crippen LogP contribution is 2.41. The first-order valence-electron chi connectivity index (χ1n) is 19.2. The van der Waals surface area contributed by atoms with E-state index in [-0.39, 0.29) is 0 Å². The van der Waals surface area contributed by atoms with Gasteiger partial charge in [-0.3, -0.25) is 0 Å². The van der Waals surface area contributed by atoms with Crippen LogP contribution in [0, 0.1) is 0 Å². The molecule has 6 rings (SSSR count). The minimum absolute atomic E-state index is 0.691. The number of rotatable bonds is 6. The van der Waals surface area contributed by atoms with E-state index in [0.29, 0.717) is 0 Å². The van der Waals surface area contributed by atoms with Crippen molar-refractivity contribution in [3.05, 3.63) is 183 Å². The van der Waals surface area contributed by atoms with Crippen molar-refractivity contribution in [2.75, 3.05) is 0 Å². The molecule has 5 aromatic carbocycles. The van der Waals surface area contributed by atoms with Gasteiger partial charge < -0.3 is 0 Å². The molecule has 27 heteroatoms. The average molecular weight is 1070 g/mol. The summed E-state index contributed by atoms with van der Waals surface area (Å²) < 4.78 is 343. The van der Waals surface area contributed by atoms with Gasteiger partial charge in [0.25, 0.3) is 5.15 Å². The quantitative estimate of drug-likeness (QED) is 0.0677. The molecule has 1 nitrogen and oxygen atoms in total. The van der Waals surface area contributed by atoms with E-state index in [1.54, 1.807) is 0 Å². The van der Waals surface area contributed by atoms with Crippen LogP contribution in [0.15, 0.2) is 128 Å². The molecule has 0 atom stereocenters. The Kier molecular flexibility index (Phi) is 15.1. The Hall–Kier alpha value is -6.08. The smallest absolute Gasteiger partial charge is 0.194 e. The lowest BCUT2D eigenvalue weighted by atomic mass is 9.12. The highest BCUT2D eigenvalue weighted by molar-refractivity contribution is 7.20. The zero-order chi connectivity index (χ0) is 53.7. The van der Waals surface area contributed by atoms with E-state index >= 15 is 0 Å². The van der Waals surface area contributed by atoms with Crippen molar-refractivity contribution in [1.29, 1.82) is 0 Å². The molecular weight excluding hydrogens is 1040 g/mol. The van der Waals surface area contributed by atoms with E-state index in [1.807, 2.05) is 47.2 Å². The van der Waals surface area contributed by atoms with Gasteiger partial charge in [0.05, 0.1) is 44.5 Å². The number of benzene rings is 5. The van der Waals surface area contributed by atoms with E-state index in [2.05, 4.69) is 12.1 Å². The minimum Gasteiger partial charge on any atom is -0.194 e. The Balaban J connectivity index is 0.000000569. The van der Waals surface area contributed by atoms with Gasteiger partial charge in [-0.1, -0.05) is 78.9 Å². The summed E-state index contributed by atoms with van der Waals surface area (Å²) in [7, 11) is 0. The standard InChI is InChI=1S/C32H12BF24.C12H11ClN/c34-25(35,36)13-1-14(26(37,38)39)6-21(5-13)33(22-7-15(27(40,41)42)2-16(8-22)28(43,44)45,23-9-17(29(46,47)48)3-18(10-23)30(49,50)51)24-11-19(31(52,53)54)4-20(12-24)32(55,56)57;13-12-8-4-5-9-14(12)10-11-6-2-1-3-7-11/h1-12H;1-9H,10H2/q-1;+1. The van der Waals surface area contributed by atoms with Crippen molar-refractivity contribution in [2.24, 2.45) is 0 Å². The zero-order valence-corrected chi connectivity index (χ0v) is 35.1. The Morgan fingerprint density at radius 3 is 0.746 bits per heavy atom. The Morgan fingerprint density at radius 1 is 0.310 bits per heavy atom. The molecule has 0 saturated carbocycles. The summed E-state index contributed by atoms with van der Waals surface area (Å²) in [6.45, 7) is 0.820. The predicted octanol–water partition coefficient (Wildman–Crippen LogP) is 13.9. The predicted molar refractivity (Wildman–Crippen MR) is 207 cm³/mol. The molecule has 0 amide bonds. The molecule has 0 aliphatic carbocycles. The maximum Gasteiger partial charge on any atom is 0.416 e. The third kappa shape index (κ3) is 13.1. The Bertz CT molecular complexity index is 2410. The van der Waals surface area contributed by atoms with Crippen molar-refractivity contribution in [3.63, 3.8) is 0 Å². The van der Waals surface area contributed by atoms with Crippen molar-refractivity contribution in [2.45, 2.75) is 56.0 Å². The van der Waals surface area contributed by atoms with Gasteiger partial charge in [0.15, 0.2) is 12.7 Å². The molecule has 1 aromatic heterocycles. The van der Waals surface area contributed by atoms with Crippen LogP contribution in [-0.2, 0) is 56.0 Å². The van der Waals surface area contributed by atoms with Gasteiger partial charge in [0.2, 0.25) is 0 Å². The molecule has 0 N–H and O–H groups in total. The van der Waals surface area contributed by atoms with Crippen LogP contribution in [0.2, 0.25) is 5.15 Å². The van der Waals surface area contributed by atoms with Gasteiger partial charge in [-0.05, 0) is 41.9 Å². The van der Waals surface area contributed by atoms with E-state index < -0.39 is 195 Å². The first kappa shape index (κ1) is 55.8. The van der Waals surface area contributed by atoms with Crippen LogP contribution in [-0.4, -0.2) is 6.15 Å². The van der Waals surface area contributed by atoms with Crippen LogP contribution in [0.1, 0.15) is 50.1 Å². The van der Waals surface area contributed by atoms with Crippen LogP contribution < -0.4 is 26.4 Å². The molecule has 0 spiro atoms. The lowest BCUT2D eigenvalue weighted by molar-refractivity contribution is -0.686. The van der Waals surface area contributed by atoms with Crippen molar-refractivity contribution >= 4 is 39.6 Å². The van der Waals surface area contributed by atoms with E-state index in [4.69, 9.17) is 11.6 Å². The molecule has 71 heavy (non-hydrogen) atoms. The summed E-state index contributed by atoms with van der Waals surface area (Å²) >= 11 is 6.04. The fraction of sp³-hybridized carbons (Fsp3) is 0.205. The third-order valence-corrected chi connectivity index (χ3v) is 10.9. The second-order valence-corrected chi connectivity index (χ2v) is 15.7. The summed E-state index contributed by atoms with van der Waals surface area (Å²) in [4.78, 5) is 0. The number of alkyl halides is 24. The van der Waals surface area contributed by atoms with Crippen LogP contribution >= 0.6 is 11.6 Å². The van der Waals surface area contributed by atoms with Crippen molar-refractivity contribution in [3.8, 4) is 0 Å². The van der Waals surface area contributed by atoms with Gasteiger partial charge in [0.1, 0.15) is 6.15 Å². The first-order chi connectivity index (χ1) is 32.1. The number of aromatic nitrogens is 1. The van der Waals surface area contributed by atoms with E-state index in [1.165, 1.54) is 5.56 Å². The average Bonchev–Trinajstić information content (AvgIpc) is 3.22. The maximum atomic E-state index is 14.2. The van der Waals surface area contributed by atoms with Gasteiger partial charge in [-0.25, -0.2) is 0 Å². The van der Waals surface area contributed by atoms with Crippen LogP contribution in [0.4, 0.5) is 105 Å². The zero-order valence-electron chi connectivity index (χ0n) is 34.3. The molecular formula is C44H23BClF24N. The summed E-state index contributed by atoms with van der Waals surface area (Å²) in [5.74, 6) is 0. The molecule has 0 bridgehead atoms. The molecule has 6 aromatic rings. The highest BCUT2D eigenvalue weighted by Gasteiger charge is 2.47. The molecule has 0 aliphatic heterocycles. The second kappa shape index (κ2) is 19.2. The lowest BCUT2D eigenvalue weighted by Gasteiger charge is -2.46. The maximum absolute atomic E-state index is 14.2. The Labute approximate surface area is 387 Å². The number of hydrogen-bond donors (Lipinski definition) is 0. The van der Waals surface area contributed by atoms with Crippen LogP contribution in [0.5, 0.6) is 0 Å². The second-order valence-electron chi connectivity index (χ2n) is 15.4. The van der Waals surface area contributed by atoms with Gasteiger partial charge in [-0.15, -0.1) is 0 Å². The van der Waals surface area contributed by atoms with Crippen LogP contribution in [0.3, 0.4) is 0 Å². The number of halogens is 25. The third-order valence-electron chi connectivity index (χ3n) is 10.5. The van der Waals surface area contributed by atoms with Crippen LogP contribution in [0.25, 0.3) is 0 Å². The number of pyridine rings is 1. The summed E-state index contributed by atoms with van der Waals surface area (Å²) in [6, 6.07) is 7.27. The van der Waals surface area contributed by atoms with Gasteiger partial charge >= 0.3 is 49.4 Å². The molecule has 382 valence electrons. The van der Waals surface area contributed by atoms with Gasteiger partial charge in [0, 0.05) is 17.7 Å². The lowest BCUT2D eigenvalue weighted by Crippen LogP contribution is -2.75. The fourth-order valence-corrected chi connectivity index (χ4v) is 7.62. The summed E-state index contributed by atoms with van der Waals surface area (Å²) in [6.07, 6.45) is -52.8. The molecule has 0 unspecified atom stereocenters. The first-order valence-corrected chi connectivity index (χ1v) is 19.5. The molecule has 1 heterocycles. The Morgan fingerprint density at radius 2 is 0.535 bits per heavy atom. The monoisotopic (exact) mass is 1070 g/mol. The number of nitrogens with zero attached hydrogens (tertiary/aromatic N) is 1. The fourth-order valence-electron chi connectivity index (χ4n) is 7.43. The van der Waals surface area contributed by atoms with Crippen molar-refractivity contribution < 1.29 is 110 Å². The molecule has 0 radical (unpaired) electrons. The topological polar surface area (TPSA) is 3.88 Å². The van der Waals surface area contributed by atoms with Crippen molar-refractivity contribution in [1.82, 2.24) is 0 Å². The summed E-state index contributed by atoms with van der Waals surface area (Å²) in [5, 5.41) is 0.761. The largest absolute Gasteiger partial charge is 0.416 e. The normalized spacial score (nSPS) is 13.5. The highest BCUT2D eigenvalue weighted by atomic mass is 35.5. The van der Waals surface area contributed by atoms with E-state index in [9.17, 15) is 105 Å². The van der Waals surface area contributed by atoms with Gasteiger partial charge in [-0.2, -0.15) is 132 Å².